The van der Waals surface area contributed by atoms with Gasteiger partial charge in [-0.2, -0.15) is 0 Å². The molecule has 0 aromatic heterocycles. The van der Waals surface area contributed by atoms with Crippen LogP contribution in [0.15, 0.2) is 30.4 Å². The zero-order chi connectivity index (χ0) is 12.8. The highest BCUT2D eigenvalue weighted by molar-refractivity contribution is 5.87. The molecule has 0 radical (unpaired) electrons. The molecule has 18 heavy (non-hydrogen) atoms. The Balaban J connectivity index is 1.88. The summed E-state index contributed by atoms with van der Waals surface area (Å²) in [6.45, 7) is 3.63. The molecule has 0 saturated carbocycles. The van der Waals surface area contributed by atoms with Crippen LogP contribution in [-0.2, 0) is 11.2 Å². The second-order valence-corrected chi connectivity index (χ2v) is 4.02. The van der Waals surface area contributed by atoms with E-state index in [1.54, 1.807) is 6.08 Å². The summed E-state index contributed by atoms with van der Waals surface area (Å²) in [5.74, 6) is 1.52. The van der Waals surface area contributed by atoms with Crippen molar-refractivity contribution < 1.29 is 14.3 Å². The number of ether oxygens (including phenoxy) is 2. The molecule has 1 amide bonds. The van der Waals surface area contributed by atoms with Crippen molar-refractivity contribution in [3.05, 3.63) is 35.9 Å². The average molecular weight is 247 g/mol. The highest BCUT2D eigenvalue weighted by Crippen LogP contribution is 2.30. The number of hydrogen-bond donors (Lipinski definition) is 1. The van der Waals surface area contributed by atoms with Crippen LogP contribution < -0.4 is 14.8 Å². The van der Waals surface area contributed by atoms with Crippen molar-refractivity contribution in [1.29, 1.82) is 0 Å². The molecule has 1 heterocycles. The van der Waals surface area contributed by atoms with Crippen molar-refractivity contribution in [2.24, 2.45) is 0 Å². The van der Waals surface area contributed by atoms with E-state index in [4.69, 9.17) is 9.47 Å². The Morgan fingerprint density at radius 3 is 2.89 bits per heavy atom. The van der Waals surface area contributed by atoms with Crippen LogP contribution in [0, 0.1) is 0 Å². The minimum absolute atomic E-state index is 0.0601. The summed E-state index contributed by atoms with van der Waals surface area (Å²) in [5.41, 5.74) is 1.13. The molecule has 1 aromatic rings. The van der Waals surface area contributed by atoms with E-state index < -0.39 is 0 Å². The first-order valence-corrected chi connectivity index (χ1v) is 6.08. The number of rotatable bonds is 4. The number of fused-ring (bicyclic) bond motifs is 1. The summed E-state index contributed by atoms with van der Waals surface area (Å²) in [5, 5.41) is 2.81. The highest BCUT2D eigenvalue weighted by Gasteiger charge is 2.11. The van der Waals surface area contributed by atoms with Gasteiger partial charge in [0.2, 0.25) is 5.91 Å². The Hall–Kier alpha value is -1.97. The third-order valence-corrected chi connectivity index (χ3v) is 2.64. The molecule has 0 spiro atoms. The highest BCUT2D eigenvalue weighted by atomic mass is 16.6. The number of amides is 1. The van der Waals surface area contributed by atoms with Gasteiger partial charge in [0.1, 0.15) is 13.2 Å². The molecule has 1 N–H and O–H groups in total. The molecule has 0 fully saturated rings. The monoisotopic (exact) mass is 247 g/mol. The summed E-state index contributed by atoms with van der Waals surface area (Å²) in [4.78, 5) is 11.2. The summed E-state index contributed by atoms with van der Waals surface area (Å²) >= 11 is 0. The Bertz CT molecular complexity index is 454. The number of hydrogen-bond acceptors (Lipinski definition) is 3. The van der Waals surface area contributed by atoms with E-state index in [9.17, 15) is 4.79 Å². The molecule has 0 atom stereocenters. The van der Waals surface area contributed by atoms with E-state index in [2.05, 4.69) is 5.32 Å². The van der Waals surface area contributed by atoms with Crippen molar-refractivity contribution in [2.45, 2.75) is 13.3 Å². The largest absolute Gasteiger partial charge is 0.486 e. The van der Waals surface area contributed by atoms with Crippen LogP contribution in [0.5, 0.6) is 11.5 Å². The van der Waals surface area contributed by atoms with Gasteiger partial charge in [0.15, 0.2) is 11.5 Å². The molecule has 0 saturated heterocycles. The first kappa shape index (κ1) is 12.5. The smallest absolute Gasteiger partial charge is 0.243 e. The van der Waals surface area contributed by atoms with Crippen LogP contribution in [0.3, 0.4) is 0 Å². The zero-order valence-electron chi connectivity index (χ0n) is 10.4. The van der Waals surface area contributed by atoms with E-state index in [-0.39, 0.29) is 5.91 Å². The standard InChI is InChI=1S/C14H17NO3/c1-2-3-14(16)15-7-6-11-4-5-12-13(10-11)18-9-8-17-12/h2-5,10H,6-9H2,1H3,(H,15,16)/b3-2+. The first-order valence-electron chi connectivity index (χ1n) is 6.08. The summed E-state index contributed by atoms with van der Waals surface area (Å²) in [6.07, 6.45) is 4.02. The normalized spacial score (nSPS) is 13.6. The third-order valence-electron chi connectivity index (χ3n) is 2.64. The van der Waals surface area contributed by atoms with E-state index in [0.717, 1.165) is 23.5 Å². The number of carbonyl (C=O) groups is 1. The van der Waals surface area contributed by atoms with Gasteiger partial charge in [0.05, 0.1) is 0 Å². The second kappa shape index (κ2) is 6.10. The molecular formula is C14H17NO3. The molecule has 2 rings (SSSR count). The third kappa shape index (κ3) is 3.26. The lowest BCUT2D eigenvalue weighted by Gasteiger charge is -2.18. The van der Waals surface area contributed by atoms with Crippen LogP contribution in [0.1, 0.15) is 12.5 Å². The molecule has 1 aliphatic heterocycles. The molecule has 1 aliphatic rings. The quantitative estimate of drug-likeness (QED) is 0.824. The molecular weight excluding hydrogens is 230 g/mol. The predicted molar refractivity (Wildman–Crippen MR) is 69.0 cm³/mol. The number of benzene rings is 1. The Kier molecular flexibility index (Phi) is 4.23. The van der Waals surface area contributed by atoms with Crippen molar-refractivity contribution in [1.82, 2.24) is 5.32 Å². The fourth-order valence-electron chi connectivity index (χ4n) is 1.78. The van der Waals surface area contributed by atoms with Gasteiger partial charge in [-0.3, -0.25) is 4.79 Å². The predicted octanol–water partition coefficient (Wildman–Crippen LogP) is 1.69. The van der Waals surface area contributed by atoms with Crippen LogP contribution in [-0.4, -0.2) is 25.7 Å². The van der Waals surface area contributed by atoms with Crippen LogP contribution in [0.2, 0.25) is 0 Å². The van der Waals surface area contributed by atoms with Gasteiger partial charge < -0.3 is 14.8 Å². The Labute approximate surface area is 107 Å². The van der Waals surface area contributed by atoms with Gasteiger partial charge in [-0.25, -0.2) is 0 Å². The summed E-state index contributed by atoms with van der Waals surface area (Å²) in [6, 6.07) is 5.88. The maximum absolute atomic E-state index is 11.2. The van der Waals surface area contributed by atoms with Crippen LogP contribution in [0.25, 0.3) is 0 Å². The van der Waals surface area contributed by atoms with Gasteiger partial charge in [-0.15, -0.1) is 0 Å². The molecule has 96 valence electrons. The van der Waals surface area contributed by atoms with Gasteiger partial charge in [0.25, 0.3) is 0 Å². The van der Waals surface area contributed by atoms with Gasteiger partial charge >= 0.3 is 0 Å². The number of carbonyl (C=O) groups excluding carboxylic acids is 1. The van der Waals surface area contributed by atoms with Crippen molar-refractivity contribution >= 4 is 5.91 Å². The molecule has 0 aliphatic carbocycles. The molecule has 4 heteroatoms. The van der Waals surface area contributed by atoms with Crippen LogP contribution >= 0.6 is 0 Å². The van der Waals surface area contributed by atoms with E-state index >= 15 is 0 Å². The fourth-order valence-corrected chi connectivity index (χ4v) is 1.78. The van der Waals surface area contributed by atoms with Crippen molar-refractivity contribution in [3.63, 3.8) is 0 Å². The van der Waals surface area contributed by atoms with E-state index in [1.165, 1.54) is 6.08 Å². The fraction of sp³-hybridized carbons (Fsp3) is 0.357. The molecule has 0 unspecified atom stereocenters. The average Bonchev–Trinajstić information content (AvgIpc) is 2.39. The minimum atomic E-state index is -0.0601. The second-order valence-electron chi connectivity index (χ2n) is 4.02. The van der Waals surface area contributed by atoms with E-state index in [0.29, 0.717) is 19.8 Å². The minimum Gasteiger partial charge on any atom is -0.486 e. The van der Waals surface area contributed by atoms with Crippen molar-refractivity contribution in [2.75, 3.05) is 19.8 Å². The zero-order valence-corrected chi connectivity index (χ0v) is 10.4. The molecule has 4 nitrogen and oxygen atoms in total. The lowest BCUT2D eigenvalue weighted by Crippen LogP contribution is -2.23. The number of allylic oxidation sites excluding steroid dienone is 1. The first-order chi connectivity index (χ1) is 8.79. The topological polar surface area (TPSA) is 47.6 Å². The van der Waals surface area contributed by atoms with Gasteiger partial charge in [-0.1, -0.05) is 12.1 Å². The van der Waals surface area contributed by atoms with E-state index in [1.807, 2.05) is 25.1 Å². The maximum atomic E-state index is 11.2. The lowest BCUT2D eigenvalue weighted by molar-refractivity contribution is -0.116. The van der Waals surface area contributed by atoms with Gasteiger partial charge in [0, 0.05) is 6.54 Å². The van der Waals surface area contributed by atoms with Gasteiger partial charge in [-0.05, 0) is 37.1 Å². The number of nitrogens with one attached hydrogen (secondary N) is 1. The SMILES string of the molecule is C/C=C/C(=O)NCCc1ccc2c(c1)OCCO2. The lowest BCUT2D eigenvalue weighted by atomic mass is 10.1. The summed E-state index contributed by atoms with van der Waals surface area (Å²) in [7, 11) is 0. The molecule has 0 bridgehead atoms. The maximum Gasteiger partial charge on any atom is 0.243 e. The Morgan fingerprint density at radius 2 is 2.11 bits per heavy atom. The summed E-state index contributed by atoms with van der Waals surface area (Å²) < 4.78 is 11.0. The van der Waals surface area contributed by atoms with Crippen LogP contribution in [0.4, 0.5) is 0 Å². The Morgan fingerprint density at radius 1 is 1.33 bits per heavy atom. The van der Waals surface area contributed by atoms with Crippen molar-refractivity contribution in [3.8, 4) is 11.5 Å². The molecule has 1 aromatic carbocycles.